The van der Waals surface area contributed by atoms with Gasteiger partial charge in [0.1, 0.15) is 0 Å². The third kappa shape index (κ3) is 4.75. The van der Waals surface area contributed by atoms with Gasteiger partial charge in [0.2, 0.25) is 10.0 Å². The number of hydrogen-bond acceptors (Lipinski definition) is 3. The van der Waals surface area contributed by atoms with Crippen LogP contribution in [0.25, 0.3) is 0 Å². The van der Waals surface area contributed by atoms with Crippen LogP contribution in [0.4, 0.5) is 11.4 Å². The molecule has 0 bridgehead atoms. The lowest BCUT2D eigenvalue weighted by Crippen LogP contribution is -2.20. The third-order valence-electron chi connectivity index (χ3n) is 3.35. The van der Waals surface area contributed by atoms with Crippen LogP contribution in [0.5, 0.6) is 0 Å². The lowest BCUT2D eigenvalue weighted by Gasteiger charge is -2.13. The summed E-state index contributed by atoms with van der Waals surface area (Å²) in [6.07, 6.45) is 0.936. The van der Waals surface area contributed by atoms with Crippen molar-refractivity contribution in [3.63, 3.8) is 0 Å². The summed E-state index contributed by atoms with van der Waals surface area (Å²) in [6.45, 7) is 3.77. The monoisotopic (exact) mass is 349 g/mol. The van der Waals surface area contributed by atoms with Gasteiger partial charge in [0, 0.05) is 11.4 Å². The van der Waals surface area contributed by atoms with Gasteiger partial charge in [0.15, 0.2) is 5.11 Å². The van der Waals surface area contributed by atoms with E-state index < -0.39 is 10.0 Å². The Kier molecular flexibility index (Phi) is 5.35. The topological polar surface area (TPSA) is 84.2 Å². The number of nitrogens with one attached hydrogen (secondary N) is 2. The number of anilines is 2. The average Bonchev–Trinajstić information content (AvgIpc) is 2.48. The molecule has 4 N–H and O–H groups in total. The van der Waals surface area contributed by atoms with E-state index in [1.165, 1.54) is 11.6 Å². The molecule has 5 nitrogen and oxygen atoms in total. The minimum Gasteiger partial charge on any atom is -0.332 e. The number of primary sulfonamides is 1. The highest BCUT2D eigenvalue weighted by molar-refractivity contribution is 7.89. The Labute approximate surface area is 142 Å². The van der Waals surface area contributed by atoms with Crippen molar-refractivity contribution in [2.24, 2.45) is 5.14 Å². The summed E-state index contributed by atoms with van der Waals surface area (Å²) in [4.78, 5) is 0.0817. The molecule has 23 heavy (non-hydrogen) atoms. The van der Waals surface area contributed by atoms with Crippen molar-refractivity contribution < 1.29 is 8.42 Å². The number of aryl methyl sites for hydroxylation is 2. The molecule has 0 aromatic heterocycles. The van der Waals surface area contributed by atoms with E-state index >= 15 is 0 Å². The van der Waals surface area contributed by atoms with Crippen LogP contribution < -0.4 is 15.8 Å². The molecule has 2 aromatic rings. The van der Waals surface area contributed by atoms with E-state index in [2.05, 4.69) is 17.6 Å². The Morgan fingerprint density at radius 2 is 1.78 bits per heavy atom. The van der Waals surface area contributed by atoms with Crippen molar-refractivity contribution in [2.75, 3.05) is 10.6 Å². The van der Waals surface area contributed by atoms with Gasteiger partial charge in [0.25, 0.3) is 0 Å². The van der Waals surface area contributed by atoms with Gasteiger partial charge in [-0.25, -0.2) is 13.6 Å². The van der Waals surface area contributed by atoms with Gasteiger partial charge < -0.3 is 10.6 Å². The SMILES string of the molecule is CCc1cccc(NC(=S)Nc2ccc(C)c(S(N)(=O)=O)c2)c1. The third-order valence-corrected chi connectivity index (χ3v) is 4.60. The molecule has 2 rings (SSSR count). The molecule has 0 aliphatic heterocycles. The largest absolute Gasteiger partial charge is 0.332 e. The zero-order chi connectivity index (χ0) is 17.0. The fourth-order valence-electron chi connectivity index (χ4n) is 2.15. The maximum absolute atomic E-state index is 11.6. The van der Waals surface area contributed by atoms with Gasteiger partial charge in [-0.15, -0.1) is 0 Å². The minimum atomic E-state index is -3.76. The zero-order valence-electron chi connectivity index (χ0n) is 13.0. The van der Waals surface area contributed by atoms with E-state index in [-0.39, 0.29) is 4.90 Å². The number of nitrogens with two attached hydrogens (primary N) is 1. The van der Waals surface area contributed by atoms with Crippen LogP contribution in [0.2, 0.25) is 0 Å². The first-order valence-electron chi connectivity index (χ1n) is 7.10. The highest BCUT2D eigenvalue weighted by Crippen LogP contribution is 2.19. The van der Waals surface area contributed by atoms with Crippen LogP contribution in [-0.4, -0.2) is 13.5 Å². The molecule has 0 unspecified atom stereocenters. The van der Waals surface area contributed by atoms with Gasteiger partial charge in [-0.2, -0.15) is 0 Å². The normalized spacial score (nSPS) is 11.1. The zero-order valence-corrected chi connectivity index (χ0v) is 14.6. The second kappa shape index (κ2) is 7.08. The van der Waals surface area contributed by atoms with Crippen molar-refractivity contribution >= 4 is 38.7 Å². The number of thiocarbonyl (C=S) groups is 1. The maximum Gasteiger partial charge on any atom is 0.238 e. The second-order valence-electron chi connectivity index (χ2n) is 5.16. The smallest absolute Gasteiger partial charge is 0.238 e. The van der Waals surface area contributed by atoms with E-state index in [1.54, 1.807) is 19.1 Å². The predicted octanol–water partition coefficient (Wildman–Crippen LogP) is 3.01. The second-order valence-corrected chi connectivity index (χ2v) is 7.10. The Hall–Kier alpha value is -1.96. The fraction of sp³-hybridized carbons (Fsp3) is 0.188. The van der Waals surface area contributed by atoms with Crippen molar-refractivity contribution in [1.82, 2.24) is 0 Å². The number of sulfonamides is 1. The number of benzene rings is 2. The van der Waals surface area contributed by atoms with Crippen LogP contribution in [0.15, 0.2) is 47.4 Å². The Morgan fingerprint density at radius 3 is 2.39 bits per heavy atom. The Balaban J connectivity index is 2.14. The van der Waals surface area contributed by atoms with Crippen LogP contribution in [0.1, 0.15) is 18.1 Å². The first-order chi connectivity index (χ1) is 10.8. The van der Waals surface area contributed by atoms with Gasteiger partial charge >= 0.3 is 0 Å². The Bertz CT molecular complexity index is 833. The predicted molar refractivity (Wildman–Crippen MR) is 98.2 cm³/mol. The molecular weight excluding hydrogens is 330 g/mol. The first-order valence-corrected chi connectivity index (χ1v) is 9.05. The van der Waals surface area contributed by atoms with E-state index in [0.29, 0.717) is 16.4 Å². The minimum absolute atomic E-state index is 0.0817. The molecule has 2 aromatic carbocycles. The van der Waals surface area contributed by atoms with Crippen LogP contribution in [-0.2, 0) is 16.4 Å². The fourth-order valence-corrected chi connectivity index (χ4v) is 3.19. The molecule has 0 saturated heterocycles. The standard InChI is InChI=1S/C16H19N3O2S2/c1-3-12-5-4-6-13(9-12)18-16(22)19-14-8-7-11(2)15(10-14)23(17,20)21/h4-10H,3H2,1-2H3,(H2,17,20,21)(H2,18,19,22). The Morgan fingerprint density at radius 1 is 1.13 bits per heavy atom. The molecule has 0 saturated carbocycles. The molecule has 0 aliphatic carbocycles. The quantitative estimate of drug-likeness (QED) is 0.739. The molecule has 0 radical (unpaired) electrons. The summed E-state index contributed by atoms with van der Waals surface area (Å²) in [5.41, 5.74) is 3.22. The molecule has 122 valence electrons. The molecule has 0 amide bonds. The van der Waals surface area contributed by atoms with Gasteiger partial charge in [-0.05, 0) is 61.0 Å². The van der Waals surface area contributed by atoms with Crippen LogP contribution >= 0.6 is 12.2 Å². The molecule has 0 heterocycles. The van der Waals surface area contributed by atoms with Gasteiger partial charge in [-0.1, -0.05) is 25.1 Å². The summed E-state index contributed by atoms with van der Waals surface area (Å²) < 4.78 is 23.1. The summed E-state index contributed by atoms with van der Waals surface area (Å²) in [7, 11) is -3.76. The first kappa shape index (κ1) is 17.4. The highest BCUT2D eigenvalue weighted by atomic mass is 32.2. The summed E-state index contributed by atoms with van der Waals surface area (Å²) in [6, 6.07) is 12.8. The molecule has 0 fully saturated rings. The van der Waals surface area contributed by atoms with Gasteiger partial charge in [0.05, 0.1) is 4.90 Å². The van der Waals surface area contributed by atoms with E-state index in [1.807, 2.05) is 24.3 Å². The van der Waals surface area contributed by atoms with Gasteiger partial charge in [-0.3, -0.25) is 0 Å². The lowest BCUT2D eigenvalue weighted by molar-refractivity contribution is 0.597. The maximum atomic E-state index is 11.6. The number of rotatable bonds is 4. The van der Waals surface area contributed by atoms with Crippen molar-refractivity contribution in [3.05, 3.63) is 53.6 Å². The lowest BCUT2D eigenvalue weighted by atomic mass is 10.1. The summed E-state index contributed by atoms with van der Waals surface area (Å²) in [5.74, 6) is 0. The number of hydrogen-bond donors (Lipinski definition) is 3. The summed E-state index contributed by atoms with van der Waals surface area (Å²) >= 11 is 5.26. The van der Waals surface area contributed by atoms with Crippen molar-refractivity contribution in [1.29, 1.82) is 0 Å². The van der Waals surface area contributed by atoms with E-state index in [9.17, 15) is 8.42 Å². The van der Waals surface area contributed by atoms with Crippen molar-refractivity contribution in [2.45, 2.75) is 25.2 Å². The molecule has 7 heteroatoms. The molecule has 0 atom stereocenters. The van der Waals surface area contributed by atoms with Crippen molar-refractivity contribution in [3.8, 4) is 0 Å². The van der Waals surface area contributed by atoms with Crippen LogP contribution in [0.3, 0.4) is 0 Å². The highest BCUT2D eigenvalue weighted by Gasteiger charge is 2.12. The van der Waals surface area contributed by atoms with E-state index in [0.717, 1.165) is 12.1 Å². The molecule has 0 aliphatic rings. The molecule has 0 spiro atoms. The van der Waals surface area contributed by atoms with Crippen LogP contribution in [0, 0.1) is 6.92 Å². The van der Waals surface area contributed by atoms with E-state index in [4.69, 9.17) is 17.4 Å². The molecular formula is C16H19N3O2S2. The summed E-state index contributed by atoms with van der Waals surface area (Å²) in [5, 5.41) is 11.6. The average molecular weight is 349 g/mol.